The molecule has 1 aliphatic rings. The zero-order valence-corrected chi connectivity index (χ0v) is 13.5. The zero-order chi connectivity index (χ0) is 16.4. The van der Waals surface area contributed by atoms with Crippen LogP contribution in [0.3, 0.4) is 0 Å². The van der Waals surface area contributed by atoms with Gasteiger partial charge < -0.3 is 9.42 Å². The summed E-state index contributed by atoms with van der Waals surface area (Å²) in [6.45, 7) is 1.81. The molecule has 0 saturated carbocycles. The number of nitrogens with zero attached hydrogens (tertiary/aromatic N) is 5. The number of rotatable bonds is 3. The van der Waals surface area contributed by atoms with Crippen LogP contribution in [-0.2, 0) is 0 Å². The van der Waals surface area contributed by atoms with Gasteiger partial charge in [0.05, 0.1) is 5.56 Å². The highest BCUT2D eigenvalue weighted by atomic mass is 32.2. The molecule has 0 atom stereocenters. The van der Waals surface area contributed by atoms with E-state index in [1.54, 1.807) is 24.4 Å². The first-order valence-electron chi connectivity index (χ1n) is 7.54. The fourth-order valence-electron chi connectivity index (χ4n) is 2.59. The lowest BCUT2D eigenvalue weighted by Gasteiger charge is -2.28. The number of halogens is 1. The molecule has 3 aromatic rings. The Kier molecular flexibility index (Phi) is 4.12. The monoisotopic (exact) mass is 343 g/mol. The van der Waals surface area contributed by atoms with Gasteiger partial charge in [-0.05, 0) is 12.1 Å². The summed E-state index contributed by atoms with van der Waals surface area (Å²) in [7, 11) is 0. The summed E-state index contributed by atoms with van der Waals surface area (Å²) in [5.74, 6) is 2.99. The fourth-order valence-corrected chi connectivity index (χ4v) is 3.49. The molecule has 0 amide bonds. The Labute approximate surface area is 142 Å². The summed E-state index contributed by atoms with van der Waals surface area (Å²) in [5.41, 5.74) is 0.972. The van der Waals surface area contributed by atoms with Crippen molar-refractivity contribution in [3.05, 3.63) is 42.6 Å². The molecule has 0 radical (unpaired) electrons. The summed E-state index contributed by atoms with van der Waals surface area (Å²) in [6, 6.07) is 6.34. The van der Waals surface area contributed by atoms with E-state index in [-0.39, 0.29) is 11.6 Å². The van der Waals surface area contributed by atoms with Crippen molar-refractivity contribution in [2.45, 2.75) is 0 Å². The van der Waals surface area contributed by atoms with Crippen LogP contribution >= 0.6 is 11.8 Å². The number of hydrogen-bond acceptors (Lipinski definition) is 7. The molecule has 122 valence electrons. The fraction of sp³-hybridized carbons (Fsp3) is 0.250. The highest BCUT2D eigenvalue weighted by Gasteiger charge is 2.21. The van der Waals surface area contributed by atoms with Gasteiger partial charge in [-0.25, -0.2) is 14.4 Å². The minimum absolute atomic E-state index is 0.215. The van der Waals surface area contributed by atoms with Crippen LogP contribution in [0, 0.1) is 5.82 Å². The number of anilines is 1. The first-order valence-corrected chi connectivity index (χ1v) is 8.70. The average molecular weight is 343 g/mol. The maximum absolute atomic E-state index is 13.9. The molecule has 0 bridgehead atoms. The topological polar surface area (TPSA) is 67.9 Å². The summed E-state index contributed by atoms with van der Waals surface area (Å²) < 4.78 is 19.3. The van der Waals surface area contributed by atoms with E-state index in [0.717, 1.165) is 30.4 Å². The predicted molar refractivity (Wildman–Crippen MR) is 90.3 cm³/mol. The third kappa shape index (κ3) is 2.84. The van der Waals surface area contributed by atoms with Crippen molar-refractivity contribution in [1.82, 2.24) is 20.1 Å². The van der Waals surface area contributed by atoms with Crippen molar-refractivity contribution in [2.75, 3.05) is 29.5 Å². The normalized spacial score (nSPS) is 14.8. The molecule has 1 fully saturated rings. The quantitative estimate of drug-likeness (QED) is 0.724. The van der Waals surface area contributed by atoms with E-state index in [2.05, 4.69) is 25.0 Å². The van der Waals surface area contributed by atoms with Gasteiger partial charge in [0.2, 0.25) is 5.82 Å². The van der Waals surface area contributed by atoms with Crippen molar-refractivity contribution in [3.8, 4) is 22.8 Å². The lowest BCUT2D eigenvalue weighted by molar-refractivity contribution is 0.431. The molecule has 4 rings (SSSR count). The van der Waals surface area contributed by atoms with Crippen molar-refractivity contribution in [1.29, 1.82) is 0 Å². The van der Waals surface area contributed by atoms with E-state index in [9.17, 15) is 4.39 Å². The van der Waals surface area contributed by atoms with Crippen LogP contribution in [0.4, 0.5) is 10.2 Å². The lowest BCUT2D eigenvalue weighted by atomic mass is 10.2. The maximum atomic E-state index is 13.9. The van der Waals surface area contributed by atoms with Gasteiger partial charge in [-0.15, -0.1) is 0 Å². The van der Waals surface area contributed by atoms with E-state index >= 15 is 0 Å². The van der Waals surface area contributed by atoms with Gasteiger partial charge in [0.15, 0.2) is 0 Å². The van der Waals surface area contributed by atoms with Gasteiger partial charge in [0.25, 0.3) is 5.89 Å². The molecule has 0 spiro atoms. The second-order valence-corrected chi connectivity index (χ2v) is 6.49. The largest absolute Gasteiger partial charge is 0.354 e. The van der Waals surface area contributed by atoms with Crippen molar-refractivity contribution in [3.63, 3.8) is 0 Å². The van der Waals surface area contributed by atoms with E-state index in [0.29, 0.717) is 17.0 Å². The Hall–Kier alpha value is -2.48. The summed E-state index contributed by atoms with van der Waals surface area (Å²) in [4.78, 5) is 15.0. The molecule has 1 aliphatic heterocycles. The molecule has 0 N–H and O–H groups in total. The van der Waals surface area contributed by atoms with E-state index < -0.39 is 0 Å². The zero-order valence-electron chi connectivity index (χ0n) is 12.7. The molecule has 2 aromatic heterocycles. The molecule has 1 saturated heterocycles. The Morgan fingerprint density at radius 3 is 2.79 bits per heavy atom. The highest BCUT2D eigenvalue weighted by molar-refractivity contribution is 7.99. The number of hydrogen-bond donors (Lipinski definition) is 0. The van der Waals surface area contributed by atoms with Gasteiger partial charge in [0.1, 0.15) is 23.5 Å². The Balaban J connectivity index is 1.71. The molecule has 6 nitrogen and oxygen atoms in total. The van der Waals surface area contributed by atoms with Crippen molar-refractivity contribution >= 4 is 17.6 Å². The molecular formula is C16H14FN5OS. The van der Waals surface area contributed by atoms with Crippen LogP contribution in [0.5, 0.6) is 0 Å². The van der Waals surface area contributed by atoms with E-state index in [1.165, 1.54) is 12.4 Å². The van der Waals surface area contributed by atoms with Crippen LogP contribution in [-0.4, -0.2) is 44.7 Å². The smallest absolute Gasteiger partial charge is 0.263 e. The van der Waals surface area contributed by atoms with Crippen LogP contribution in [0.1, 0.15) is 0 Å². The maximum Gasteiger partial charge on any atom is 0.263 e. The van der Waals surface area contributed by atoms with Gasteiger partial charge >= 0.3 is 0 Å². The second kappa shape index (κ2) is 6.56. The lowest BCUT2D eigenvalue weighted by Crippen LogP contribution is -2.33. The van der Waals surface area contributed by atoms with Crippen molar-refractivity contribution in [2.24, 2.45) is 0 Å². The number of benzene rings is 1. The second-order valence-electron chi connectivity index (χ2n) is 5.26. The third-order valence-electron chi connectivity index (χ3n) is 3.77. The van der Waals surface area contributed by atoms with Gasteiger partial charge in [-0.3, -0.25) is 0 Å². The average Bonchev–Trinajstić information content (AvgIpc) is 3.12. The van der Waals surface area contributed by atoms with Gasteiger partial charge in [0, 0.05) is 30.8 Å². The predicted octanol–water partition coefficient (Wildman–Crippen LogP) is 2.89. The minimum Gasteiger partial charge on any atom is -0.354 e. The van der Waals surface area contributed by atoms with Crippen LogP contribution in [0.15, 0.2) is 41.3 Å². The molecule has 0 unspecified atom stereocenters. The van der Waals surface area contributed by atoms with Crippen molar-refractivity contribution < 1.29 is 8.91 Å². The summed E-state index contributed by atoms with van der Waals surface area (Å²) >= 11 is 1.92. The Morgan fingerprint density at radius 2 is 1.96 bits per heavy atom. The van der Waals surface area contributed by atoms with Gasteiger partial charge in [-0.1, -0.05) is 17.3 Å². The SMILES string of the molecule is Fc1ccccc1-c1noc(-c2cncnc2N2CCSCC2)n1. The molecular weight excluding hydrogens is 329 g/mol. The first-order chi connectivity index (χ1) is 11.8. The summed E-state index contributed by atoms with van der Waals surface area (Å²) in [6.07, 6.45) is 3.16. The molecule has 24 heavy (non-hydrogen) atoms. The van der Waals surface area contributed by atoms with Crippen LogP contribution in [0.2, 0.25) is 0 Å². The molecule has 8 heteroatoms. The molecule has 1 aromatic carbocycles. The minimum atomic E-state index is -0.387. The standard InChI is InChI=1S/C16H14FN5OS/c17-13-4-2-1-3-11(13)14-20-16(23-21-14)12-9-18-10-19-15(12)22-5-7-24-8-6-22/h1-4,9-10H,5-8H2. The van der Waals surface area contributed by atoms with Gasteiger partial charge in [-0.2, -0.15) is 16.7 Å². The van der Waals surface area contributed by atoms with Crippen LogP contribution in [0.25, 0.3) is 22.8 Å². The first kappa shape index (κ1) is 15.1. The molecule has 0 aliphatic carbocycles. The number of aromatic nitrogens is 4. The highest BCUT2D eigenvalue weighted by Crippen LogP contribution is 2.30. The summed E-state index contributed by atoms with van der Waals surface area (Å²) in [5, 5.41) is 3.91. The Bertz CT molecular complexity index is 850. The third-order valence-corrected chi connectivity index (χ3v) is 4.72. The van der Waals surface area contributed by atoms with E-state index in [1.807, 2.05) is 11.8 Å². The molecule has 3 heterocycles. The van der Waals surface area contributed by atoms with E-state index in [4.69, 9.17) is 4.52 Å². The Morgan fingerprint density at radius 1 is 1.12 bits per heavy atom. The van der Waals surface area contributed by atoms with Crippen LogP contribution < -0.4 is 4.90 Å². The number of thioether (sulfide) groups is 1.